The van der Waals surface area contributed by atoms with Gasteiger partial charge >= 0.3 is 6.09 Å². The maximum Gasteiger partial charge on any atom is 0.417 e. The number of benzene rings is 1. The van der Waals surface area contributed by atoms with Gasteiger partial charge in [-0.05, 0) is 30.2 Å². The molecule has 0 bridgehead atoms. The van der Waals surface area contributed by atoms with E-state index in [1.54, 1.807) is 26.4 Å². The van der Waals surface area contributed by atoms with Crippen molar-refractivity contribution in [2.45, 2.75) is 124 Å². The number of nitrogens with zero attached hydrogens (tertiary/aromatic N) is 2. The molecule has 0 radical (unpaired) electrons. The van der Waals surface area contributed by atoms with Crippen molar-refractivity contribution < 1.29 is 33.1 Å². The first-order valence-corrected chi connectivity index (χ1v) is 16.2. The second-order valence-corrected chi connectivity index (χ2v) is 11.2. The highest BCUT2D eigenvalue weighted by atomic mass is 16.6. The highest BCUT2D eigenvalue weighted by molar-refractivity contribution is 5.90. The van der Waals surface area contributed by atoms with Gasteiger partial charge in [-0.3, -0.25) is 4.79 Å². The summed E-state index contributed by atoms with van der Waals surface area (Å²) in [7, 11) is 3.15. The van der Waals surface area contributed by atoms with Crippen molar-refractivity contribution in [3.63, 3.8) is 0 Å². The van der Waals surface area contributed by atoms with Gasteiger partial charge in [-0.25, -0.2) is 14.3 Å². The van der Waals surface area contributed by atoms with Crippen LogP contribution in [0.3, 0.4) is 0 Å². The summed E-state index contributed by atoms with van der Waals surface area (Å²) in [6, 6.07) is 7.35. The van der Waals surface area contributed by atoms with Crippen molar-refractivity contribution in [1.29, 1.82) is 0 Å². The summed E-state index contributed by atoms with van der Waals surface area (Å²) < 4.78 is 24.8. The number of rotatable bonds is 22. The number of pyridine rings is 1. The first kappa shape index (κ1) is 35.9. The Morgan fingerprint density at radius 3 is 1.91 bits per heavy atom. The molecule has 0 spiro atoms. The molecule has 43 heavy (non-hydrogen) atoms. The monoisotopic (exact) mass is 599 g/mol. The molecule has 0 aliphatic heterocycles. The van der Waals surface area contributed by atoms with Crippen molar-refractivity contribution in [1.82, 2.24) is 4.90 Å². The van der Waals surface area contributed by atoms with E-state index in [1.807, 2.05) is 29.1 Å². The normalized spacial score (nSPS) is 10.8. The number of aromatic nitrogens is 1. The van der Waals surface area contributed by atoms with Gasteiger partial charge in [0, 0.05) is 25.0 Å². The van der Waals surface area contributed by atoms with Crippen LogP contribution in [0.1, 0.15) is 115 Å². The van der Waals surface area contributed by atoms with Crippen LogP contribution in [0.5, 0.6) is 17.2 Å². The largest absolute Gasteiger partial charge is 0.493 e. The predicted octanol–water partition coefficient (Wildman–Crippen LogP) is 8.17. The molecule has 8 heteroatoms. The predicted molar refractivity (Wildman–Crippen MR) is 169 cm³/mol. The molecule has 0 saturated heterocycles. The van der Waals surface area contributed by atoms with Crippen LogP contribution < -0.4 is 18.8 Å². The summed E-state index contributed by atoms with van der Waals surface area (Å²) in [6.07, 6.45) is 19.6. The molecule has 240 valence electrons. The third-order valence-electron chi connectivity index (χ3n) is 7.47. The Bertz CT molecular complexity index is 1060. The number of carbonyl (C=O) groups excluding carboxylic acids is 2. The molecule has 0 fully saturated rings. The zero-order valence-electron chi connectivity index (χ0n) is 27.3. The smallest absolute Gasteiger partial charge is 0.417 e. The van der Waals surface area contributed by atoms with Gasteiger partial charge in [0.2, 0.25) is 11.7 Å². The molecule has 0 saturated carbocycles. The summed E-state index contributed by atoms with van der Waals surface area (Å²) in [5.41, 5.74) is 1.52. The van der Waals surface area contributed by atoms with Crippen LogP contribution in [0.25, 0.3) is 0 Å². The van der Waals surface area contributed by atoms with Gasteiger partial charge < -0.3 is 18.9 Å². The fraction of sp³-hybridized carbons (Fsp3) is 0.629. The van der Waals surface area contributed by atoms with E-state index in [2.05, 4.69) is 13.8 Å². The van der Waals surface area contributed by atoms with Crippen molar-refractivity contribution in [2.24, 2.45) is 0 Å². The quantitative estimate of drug-likeness (QED) is 0.100. The van der Waals surface area contributed by atoms with E-state index in [4.69, 9.17) is 18.9 Å². The Balaban J connectivity index is 1.83. The summed E-state index contributed by atoms with van der Waals surface area (Å²) in [5, 5.41) is 0. The van der Waals surface area contributed by atoms with E-state index in [-0.39, 0.29) is 19.1 Å². The van der Waals surface area contributed by atoms with Gasteiger partial charge in [0.25, 0.3) is 0 Å². The lowest BCUT2D eigenvalue weighted by Crippen LogP contribution is -2.37. The molecule has 2 aromatic rings. The Morgan fingerprint density at radius 1 is 0.791 bits per heavy atom. The number of unbranched alkanes of at least 4 members (excludes halogenated alkanes) is 11. The number of hydrogen-bond donors (Lipinski definition) is 0. The molecule has 0 unspecified atom stereocenters. The third kappa shape index (κ3) is 13.7. The Hall–Kier alpha value is -3.29. The van der Waals surface area contributed by atoms with E-state index >= 15 is 0 Å². The van der Waals surface area contributed by atoms with Gasteiger partial charge in [0.1, 0.15) is 13.2 Å². The number of methoxy groups -OCH3 is 2. The summed E-state index contributed by atoms with van der Waals surface area (Å²) in [5.74, 6) is 1.18. The first-order chi connectivity index (χ1) is 20.9. The molecule has 0 aliphatic rings. The topological polar surface area (TPSA) is 78.2 Å². The maximum atomic E-state index is 12.9. The average molecular weight is 600 g/mol. The third-order valence-corrected chi connectivity index (χ3v) is 7.47. The molecule has 0 N–H and O–H groups in total. The van der Waals surface area contributed by atoms with Gasteiger partial charge in [-0.15, -0.1) is 0 Å². The molecule has 0 atom stereocenters. The Labute approximate surface area is 259 Å². The highest BCUT2D eigenvalue weighted by Crippen LogP contribution is 2.39. The summed E-state index contributed by atoms with van der Waals surface area (Å²) in [4.78, 5) is 26.3. The number of amides is 2. The van der Waals surface area contributed by atoms with Crippen LogP contribution in [-0.4, -0.2) is 37.7 Å². The highest BCUT2D eigenvalue weighted by Gasteiger charge is 2.22. The minimum absolute atomic E-state index is 0.0427. The van der Waals surface area contributed by atoms with Crippen LogP contribution in [0.4, 0.5) is 4.79 Å². The SMILES string of the molecule is CCCCCCCCCCCCCCOc1c(OC)cc(COC(=O)N(Cc2ccc[n+](CCC)c2)C(C)=O)cc1OC. The van der Waals surface area contributed by atoms with Crippen molar-refractivity contribution in [2.75, 3.05) is 20.8 Å². The molecular weight excluding hydrogens is 544 g/mol. The van der Waals surface area contributed by atoms with Gasteiger partial charge in [0.05, 0.1) is 27.4 Å². The van der Waals surface area contributed by atoms with Gasteiger partial charge in [-0.2, -0.15) is 0 Å². The van der Waals surface area contributed by atoms with E-state index in [0.29, 0.717) is 29.4 Å². The van der Waals surface area contributed by atoms with Crippen LogP contribution in [0.2, 0.25) is 0 Å². The molecule has 1 aromatic carbocycles. The molecular formula is C35H55N2O6+. The zero-order chi connectivity index (χ0) is 31.3. The van der Waals surface area contributed by atoms with Crippen LogP contribution in [-0.2, 0) is 29.2 Å². The Kier molecular flexibility index (Phi) is 17.9. The fourth-order valence-electron chi connectivity index (χ4n) is 5.05. The van der Waals surface area contributed by atoms with Crippen molar-refractivity contribution in [3.8, 4) is 17.2 Å². The average Bonchev–Trinajstić information content (AvgIpc) is 3.01. The molecule has 1 heterocycles. The maximum absolute atomic E-state index is 12.9. The molecule has 1 aromatic heterocycles. The summed E-state index contributed by atoms with van der Waals surface area (Å²) in [6.45, 7) is 7.25. The molecule has 8 nitrogen and oxygen atoms in total. The van der Waals surface area contributed by atoms with E-state index in [0.717, 1.165) is 36.3 Å². The first-order valence-electron chi connectivity index (χ1n) is 16.2. The number of aryl methyl sites for hydroxylation is 1. The minimum Gasteiger partial charge on any atom is -0.493 e. The second-order valence-electron chi connectivity index (χ2n) is 11.2. The van der Waals surface area contributed by atoms with E-state index in [9.17, 15) is 9.59 Å². The van der Waals surface area contributed by atoms with Crippen molar-refractivity contribution >= 4 is 12.0 Å². The lowest BCUT2D eigenvalue weighted by molar-refractivity contribution is -0.697. The minimum atomic E-state index is -0.705. The number of ether oxygens (including phenoxy) is 4. The lowest BCUT2D eigenvalue weighted by Gasteiger charge is -2.19. The second kappa shape index (κ2) is 21.4. The zero-order valence-corrected chi connectivity index (χ0v) is 27.3. The van der Waals surface area contributed by atoms with Crippen LogP contribution in [0, 0.1) is 0 Å². The van der Waals surface area contributed by atoms with E-state index < -0.39 is 6.09 Å². The molecule has 0 aliphatic carbocycles. The fourth-order valence-corrected chi connectivity index (χ4v) is 5.05. The summed E-state index contributed by atoms with van der Waals surface area (Å²) >= 11 is 0. The lowest BCUT2D eigenvalue weighted by atomic mass is 10.1. The van der Waals surface area contributed by atoms with Crippen LogP contribution in [0.15, 0.2) is 36.7 Å². The van der Waals surface area contributed by atoms with Gasteiger partial charge in [-0.1, -0.05) is 84.5 Å². The molecule has 2 rings (SSSR count). The van der Waals surface area contributed by atoms with Crippen LogP contribution >= 0.6 is 0 Å². The Morgan fingerprint density at radius 2 is 1.37 bits per heavy atom. The molecule has 2 amide bonds. The number of carbonyl (C=O) groups is 2. The number of hydrogen-bond acceptors (Lipinski definition) is 6. The number of imide groups is 1. The van der Waals surface area contributed by atoms with Gasteiger partial charge in [0.15, 0.2) is 23.9 Å². The standard InChI is InChI=1S/C35H55N2O6/c1-6-8-9-10-11-12-13-14-15-16-17-18-23-42-34-32(40-4)24-31(25-33(34)41-5)28-43-35(39)37(29(3)38)27-30-20-19-22-36(26-30)21-7-2/h19-20,22,24-26H,6-18,21,23,27-28H2,1-5H3/q+1. The van der Waals surface area contributed by atoms with Crippen molar-refractivity contribution in [3.05, 3.63) is 47.8 Å². The van der Waals surface area contributed by atoms with E-state index in [1.165, 1.54) is 71.1 Å².